The molecule has 9 nitrogen and oxygen atoms in total. The van der Waals surface area contributed by atoms with Crippen molar-refractivity contribution in [2.24, 2.45) is 5.92 Å². The first kappa shape index (κ1) is 27.4. The normalized spacial score (nSPS) is 18.7. The summed E-state index contributed by atoms with van der Waals surface area (Å²) >= 11 is 0. The topological polar surface area (TPSA) is 100 Å². The molecule has 6 rings (SSSR count). The number of fused-ring (bicyclic) bond motifs is 1. The Labute approximate surface area is 225 Å². The first-order chi connectivity index (χ1) is 18.8. The number of carbonyl (C=O) groups is 1. The van der Waals surface area contributed by atoms with Crippen LogP contribution in [0.5, 0.6) is 0 Å². The minimum atomic E-state index is -4.43. The molecule has 3 aromatic rings. The molecular formula is C27H36F3N7O2. The third-order valence-corrected chi connectivity index (χ3v) is 7.38. The average Bonchev–Trinajstić information content (AvgIpc) is 3.27. The van der Waals surface area contributed by atoms with E-state index in [4.69, 9.17) is 4.52 Å². The summed E-state index contributed by atoms with van der Waals surface area (Å²) in [5.74, 6) is 0.168. The van der Waals surface area contributed by atoms with Gasteiger partial charge in [-0.25, -0.2) is 0 Å². The fourth-order valence-corrected chi connectivity index (χ4v) is 5.03. The molecule has 0 radical (unpaired) electrons. The maximum Gasteiger partial charge on any atom is 0.406 e. The Balaban J connectivity index is 0.000000555. The minimum Gasteiger partial charge on any atom is -0.382 e. The predicted octanol–water partition coefficient (Wildman–Crippen LogP) is 4.16. The molecule has 3 aliphatic rings. The summed E-state index contributed by atoms with van der Waals surface area (Å²) < 4.78 is 46.9. The number of likely N-dealkylation sites (tertiary alicyclic amines) is 1. The molecule has 1 aromatic carbocycles. The number of benzene rings is 1. The summed E-state index contributed by atoms with van der Waals surface area (Å²) in [7, 11) is 2.08. The molecule has 1 saturated carbocycles. The number of halogens is 3. The lowest BCUT2D eigenvalue weighted by Gasteiger charge is -2.30. The Kier molecular flexibility index (Phi) is 8.41. The van der Waals surface area contributed by atoms with Crippen LogP contribution in [0.2, 0.25) is 0 Å². The molecule has 0 spiro atoms. The van der Waals surface area contributed by atoms with E-state index in [0.717, 1.165) is 44.5 Å². The molecule has 4 heterocycles. The third-order valence-electron chi connectivity index (χ3n) is 7.38. The Morgan fingerprint density at radius 2 is 1.90 bits per heavy atom. The number of hydrogen-bond acceptors (Lipinski definition) is 7. The van der Waals surface area contributed by atoms with Crippen molar-refractivity contribution >= 4 is 22.5 Å². The SMILES string of the molecule is C1CCNC1.CN1CCC(Nc2cccc3c2cc(-c2noc(CNC(=O)C4CC4)n2)n3CC(F)(F)F)CC1. The summed E-state index contributed by atoms with van der Waals surface area (Å²) in [4.78, 5) is 18.4. The Morgan fingerprint density at radius 1 is 1.15 bits per heavy atom. The van der Waals surface area contributed by atoms with Gasteiger partial charge in [-0.3, -0.25) is 4.79 Å². The van der Waals surface area contributed by atoms with E-state index in [9.17, 15) is 18.0 Å². The highest BCUT2D eigenvalue weighted by Crippen LogP contribution is 2.35. The quantitative estimate of drug-likeness (QED) is 0.409. The highest BCUT2D eigenvalue weighted by molar-refractivity contribution is 5.96. The van der Waals surface area contributed by atoms with Crippen molar-refractivity contribution in [3.8, 4) is 11.5 Å². The van der Waals surface area contributed by atoms with Crippen molar-refractivity contribution in [2.45, 2.75) is 63.8 Å². The first-order valence-electron chi connectivity index (χ1n) is 13.7. The van der Waals surface area contributed by atoms with E-state index in [0.29, 0.717) is 10.9 Å². The number of anilines is 1. The van der Waals surface area contributed by atoms with Gasteiger partial charge >= 0.3 is 6.18 Å². The van der Waals surface area contributed by atoms with Crippen LogP contribution in [0.1, 0.15) is 44.4 Å². The standard InChI is InChI=1S/C23H27F3N6O2.C4H9N/c1-31-9-7-15(8-10-31)28-17-3-2-4-18-16(17)11-19(32(18)13-23(24,25)26)21-29-20(34-30-21)12-27-22(33)14-5-6-14;1-2-4-5-3-1/h2-4,11,14-15,28H,5-10,12-13H2,1H3,(H,27,33);5H,1-4H2. The average molecular weight is 548 g/mol. The molecule has 0 unspecified atom stereocenters. The van der Waals surface area contributed by atoms with Crippen molar-refractivity contribution in [1.29, 1.82) is 0 Å². The molecule has 1 amide bonds. The van der Waals surface area contributed by atoms with Crippen molar-refractivity contribution in [2.75, 3.05) is 38.5 Å². The van der Waals surface area contributed by atoms with Gasteiger partial charge in [0, 0.05) is 23.0 Å². The fraction of sp³-hybridized carbons (Fsp3) is 0.593. The van der Waals surface area contributed by atoms with Gasteiger partial charge in [-0.05, 0) is 90.0 Å². The molecule has 2 aliphatic heterocycles. The predicted molar refractivity (Wildman–Crippen MR) is 142 cm³/mol. The van der Waals surface area contributed by atoms with E-state index in [2.05, 4.69) is 38.0 Å². The van der Waals surface area contributed by atoms with Crippen LogP contribution in [-0.4, -0.2) is 71.0 Å². The van der Waals surface area contributed by atoms with Gasteiger partial charge in [-0.2, -0.15) is 18.2 Å². The van der Waals surface area contributed by atoms with Gasteiger partial charge in [0.1, 0.15) is 6.54 Å². The first-order valence-corrected chi connectivity index (χ1v) is 13.7. The molecule has 0 atom stereocenters. The number of rotatable bonds is 7. The lowest BCUT2D eigenvalue weighted by molar-refractivity contribution is -0.139. The van der Waals surface area contributed by atoms with Crippen molar-refractivity contribution < 1.29 is 22.5 Å². The maximum absolute atomic E-state index is 13.5. The number of alkyl halides is 3. The van der Waals surface area contributed by atoms with E-state index in [-0.39, 0.29) is 41.8 Å². The molecule has 2 saturated heterocycles. The van der Waals surface area contributed by atoms with Gasteiger partial charge in [0.05, 0.1) is 17.8 Å². The van der Waals surface area contributed by atoms with Crippen LogP contribution >= 0.6 is 0 Å². The second-order valence-corrected chi connectivity index (χ2v) is 10.7. The monoisotopic (exact) mass is 547 g/mol. The Morgan fingerprint density at radius 3 is 2.54 bits per heavy atom. The number of amides is 1. The van der Waals surface area contributed by atoms with Crippen LogP contribution < -0.4 is 16.0 Å². The second-order valence-electron chi connectivity index (χ2n) is 10.7. The van der Waals surface area contributed by atoms with E-state index in [1.165, 1.54) is 30.5 Å². The highest BCUT2D eigenvalue weighted by Gasteiger charge is 2.32. The molecule has 12 heteroatoms. The number of nitrogens with one attached hydrogen (secondary N) is 3. The van der Waals surface area contributed by atoms with Crippen molar-refractivity contribution in [1.82, 2.24) is 30.2 Å². The van der Waals surface area contributed by atoms with E-state index < -0.39 is 12.7 Å². The lowest BCUT2D eigenvalue weighted by atomic mass is 10.0. The molecule has 212 valence electrons. The smallest absolute Gasteiger partial charge is 0.382 e. The number of aromatic nitrogens is 3. The van der Waals surface area contributed by atoms with Crippen molar-refractivity contribution in [3.63, 3.8) is 0 Å². The number of nitrogens with zero attached hydrogens (tertiary/aromatic N) is 4. The summed E-state index contributed by atoms with van der Waals surface area (Å²) in [5, 5.41) is 14.1. The lowest BCUT2D eigenvalue weighted by Crippen LogP contribution is -2.36. The van der Waals surface area contributed by atoms with Gasteiger partial charge in [0.15, 0.2) is 0 Å². The van der Waals surface area contributed by atoms with Crippen LogP contribution in [0.4, 0.5) is 18.9 Å². The second kappa shape index (κ2) is 12.0. The zero-order chi connectivity index (χ0) is 27.4. The zero-order valence-electron chi connectivity index (χ0n) is 22.2. The molecule has 3 fully saturated rings. The van der Waals surface area contributed by atoms with Gasteiger partial charge in [-0.15, -0.1) is 0 Å². The Bertz CT molecular complexity index is 1250. The molecule has 2 aromatic heterocycles. The van der Waals surface area contributed by atoms with E-state index in [1.54, 1.807) is 18.2 Å². The van der Waals surface area contributed by atoms with Gasteiger partial charge < -0.3 is 29.9 Å². The number of carbonyl (C=O) groups excluding carboxylic acids is 1. The molecule has 1 aliphatic carbocycles. The van der Waals surface area contributed by atoms with E-state index in [1.807, 2.05) is 6.07 Å². The summed E-state index contributed by atoms with van der Waals surface area (Å²) in [6.45, 7) is 3.31. The maximum atomic E-state index is 13.5. The van der Waals surface area contributed by atoms with Crippen molar-refractivity contribution in [3.05, 3.63) is 30.2 Å². The summed E-state index contributed by atoms with van der Waals surface area (Å²) in [6, 6.07) is 7.24. The van der Waals surface area contributed by atoms with Gasteiger partial charge in [0.25, 0.3) is 0 Å². The van der Waals surface area contributed by atoms with E-state index >= 15 is 0 Å². The largest absolute Gasteiger partial charge is 0.406 e. The summed E-state index contributed by atoms with van der Waals surface area (Å²) in [5.41, 5.74) is 1.45. The van der Waals surface area contributed by atoms with Gasteiger partial charge in [0.2, 0.25) is 17.6 Å². The fourth-order valence-electron chi connectivity index (χ4n) is 5.03. The van der Waals surface area contributed by atoms with Gasteiger partial charge in [-0.1, -0.05) is 11.2 Å². The summed E-state index contributed by atoms with van der Waals surface area (Å²) in [6.07, 6.45) is 2.01. The van der Waals surface area contributed by atoms with Crippen LogP contribution in [0.3, 0.4) is 0 Å². The molecular weight excluding hydrogens is 511 g/mol. The molecule has 3 N–H and O–H groups in total. The minimum absolute atomic E-state index is 0.0344. The Hall–Kier alpha value is -3.12. The highest BCUT2D eigenvalue weighted by atomic mass is 19.4. The zero-order valence-corrected chi connectivity index (χ0v) is 22.2. The number of hydrogen-bond donors (Lipinski definition) is 3. The van der Waals surface area contributed by atoms with Crippen LogP contribution in [0.15, 0.2) is 28.8 Å². The van der Waals surface area contributed by atoms with Crippen LogP contribution in [-0.2, 0) is 17.9 Å². The molecule has 0 bridgehead atoms. The van der Waals surface area contributed by atoms with Crippen LogP contribution in [0, 0.1) is 5.92 Å². The third kappa shape index (κ3) is 7.30. The number of piperidine rings is 1. The van der Waals surface area contributed by atoms with Crippen LogP contribution in [0.25, 0.3) is 22.4 Å². The molecule has 39 heavy (non-hydrogen) atoms.